The van der Waals surface area contributed by atoms with E-state index in [-0.39, 0.29) is 17.7 Å². The highest BCUT2D eigenvalue weighted by Gasteiger charge is 2.24. The molecule has 2 N–H and O–H groups in total. The number of carboxylic acid groups (broad SMARTS) is 1. The summed E-state index contributed by atoms with van der Waals surface area (Å²) in [6.45, 7) is 9.08. The van der Waals surface area contributed by atoms with Crippen LogP contribution in [0.4, 0.5) is 0 Å². The van der Waals surface area contributed by atoms with Crippen molar-refractivity contribution >= 4 is 23.2 Å². The lowest BCUT2D eigenvalue weighted by atomic mass is 9.95. The van der Waals surface area contributed by atoms with Crippen LogP contribution >= 0.6 is 11.3 Å². The normalized spacial score (nSPS) is 12.1. The van der Waals surface area contributed by atoms with E-state index >= 15 is 0 Å². The molecule has 0 radical (unpaired) electrons. The van der Waals surface area contributed by atoms with Crippen LogP contribution in [0.25, 0.3) is 22.5 Å². The first-order chi connectivity index (χ1) is 19.1. The first-order valence-corrected chi connectivity index (χ1v) is 14.2. The molecule has 1 atom stereocenters. The Bertz CT molecular complexity index is 1420. The Labute approximate surface area is 239 Å². The Morgan fingerprint density at radius 3 is 2.15 bits per heavy atom. The van der Waals surface area contributed by atoms with Crippen LogP contribution in [0.15, 0.2) is 73.1 Å². The number of nitrogens with one attached hydrogen (secondary N) is 1. The third kappa shape index (κ3) is 7.54. The SMILES string of the molecule is CCCCOc1ccc(-c2cnc(-c3ccc(CC(NC(=O)c4ccc(C(C)(C)C)s4)C(=O)O)cc3)nc2)cc1. The van der Waals surface area contributed by atoms with E-state index in [0.29, 0.717) is 17.3 Å². The maximum atomic E-state index is 12.7. The minimum absolute atomic E-state index is 0.0736. The number of carboxylic acids is 1. The van der Waals surface area contributed by atoms with Crippen LogP contribution in [0.1, 0.15) is 60.6 Å². The van der Waals surface area contributed by atoms with Gasteiger partial charge in [0, 0.05) is 34.8 Å². The van der Waals surface area contributed by atoms with Gasteiger partial charge in [0.15, 0.2) is 5.82 Å². The third-order valence-electron chi connectivity index (χ3n) is 6.43. The zero-order valence-electron chi connectivity index (χ0n) is 23.3. The van der Waals surface area contributed by atoms with Crippen LogP contribution in [-0.4, -0.2) is 39.6 Å². The lowest BCUT2D eigenvalue weighted by Crippen LogP contribution is -2.42. The second kappa shape index (κ2) is 12.9. The number of carbonyl (C=O) groups excluding carboxylic acids is 1. The number of rotatable bonds is 11. The minimum Gasteiger partial charge on any atom is -0.494 e. The van der Waals surface area contributed by atoms with Crippen LogP contribution in [0.3, 0.4) is 0 Å². The lowest BCUT2D eigenvalue weighted by molar-refractivity contribution is -0.139. The zero-order chi connectivity index (χ0) is 28.7. The molecule has 2 aromatic carbocycles. The van der Waals surface area contributed by atoms with E-state index in [1.165, 1.54) is 11.3 Å². The van der Waals surface area contributed by atoms with Crippen LogP contribution < -0.4 is 10.1 Å². The van der Waals surface area contributed by atoms with Gasteiger partial charge >= 0.3 is 5.97 Å². The summed E-state index contributed by atoms with van der Waals surface area (Å²) in [5.74, 6) is -0.0350. The Kier molecular flexibility index (Phi) is 9.32. The number of unbranched alkanes of at least 4 members (excludes halogenated alkanes) is 1. The highest BCUT2D eigenvalue weighted by Crippen LogP contribution is 2.29. The number of amides is 1. The van der Waals surface area contributed by atoms with Gasteiger partial charge in [-0.25, -0.2) is 14.8 Å². The molecule has 0 aliphatic rings. The number of thiophene rings is 1. The van der Waals surface area contributed by atoms with Crippen LogP contribution in [0.5, 0.6) is 5.75 Å². The van der Waals surface area contributed by atoms with Gasteiger partial charge in [0.25, 0.3) is 5.91 Å². The van der Waals surface area contributed by atoms with Gasteiger partial charge < -0.3 is 15.2 Å². The maximum absolute atomic E-state index is 12.7. The zero-order valence-corrected chi connectivity index (χ0v) is 24.1. The molecule has 1 amide bonds. The highest BCUT2D eigenvalue weighted by atomic mass is 32.1. The van der Waals surface area contributed by atoms with Gasteiger partial charge in [-0.15, -0.1) is 11.3 Å². The van der Waals surface area contributed by atoms with Crippen molar-refractivity contribution in [1.29, 1.82) is 0 Å². The number of hydrogen-bond donors (Lipinski definition) is 2. The Hall–Kier alpha value is -4.04. The van der Waals surface area contributed by atoms with Gasteiger partial charge in [0.05, 0.1) is 11.5 Å². The van der Waals surface area contributed by atoms with E-state index in [2.05, 4.69) is 43.0 Å². The first kappa shape index (κ1) is 29.0. The molecular weight excluding hydrogens is 522 g/mol. The summed E-state index contributed by atoms with van der Waals surface area (Å²) < 4.78 is 5.73. The van der Waals surface area contributed by atoms with Gasteiger partial charge in [-0.3, -0.25) is 4.79 Å². The van der Waals surface area contributed by atoms with E-state index in [1.54, 1.807) is 18.5 Å². The lowest BCUT2D eigenvalue weighted by Gasteiger charge is -2.16. The fourth-order valence-electron chi connectivity index (χ4n) is 4.02. The van der Waals surface area contributed by atoms with E-state index in [9.17, 15) is 14.7 Å². The predicted molar refractivity (Wildman–Crippen MR) is 159 cm³/mol. The number of benzene rings is 2. The molecule has 0 aliphatic carbocycles. The van der Waals surface area contributed by atoms with Gasteiger partial charge in [0.2, 0.25) is 0 Å². The van der Waals surface area contributed by atoms with Crippen molar-refractivity contribution in [3.05, 3.63) is 88.4 Å². The van der Waals surface area contributed by atoms with Gasteiger partial charge in [-0.05, 0) is 47.2 Å². The van der Waals surface area contributed by atoms with Gasteiger partial charge in [-0.2, -0.15) is 0 Å². The second-order valence-electron chi connectivity index (χ2n) is 10.7. The molecule has 0 saturated heterocycles. The van der Waals surface area contributed by atoms with Crippen LogP contribution in [0, 0.1) is 0 Å². The molecule has 1 unspecified atom stereocenters. The monoisotopic (exact) mass is 557 g/mol. The summed E-state index contributed by atoms with van der Waals surface area (Å²) in [6.07, 6.45) is 5.86. The minimum atomic E-state index is -1.08. The molecule has 40 heavy (non-hydrogen) atoms. The molecule has 0 spiro atoms. The van der Waals surface area contributed by atoms with E-state index in [4.69, 9.17) is 4.74 Å². The fraction of sp³-hybridized carbons (Fsp3) is 0.312. The quantitative estimate of drug-likeness (QED) is 0.197. The van der Waals surface area contributed by atoms with Crippen molar-refractivity contribution in [2.24, 2.45) is 0 Å². The molecule has 0 fully saturated rings. The maximum Gasteiger partial charge on any atom is 0.326 e. The molecule has 0 bridgehead atoms. The molecule has 4 rings (SSSR count). The van der Waals surface area contributed by atoms with E-state index in [0.717, 1.165) is 45.7 Å². The number of carbonyl (C=O) groups is 2. The summed E-state index contributed by atoms with van der Waals surface area (Å²) in [5.41, 5.74) is 3.44. The summed E-state index contributed by atoms with van der Waals surface area (Å²) in [5, 5.41) is 12.4. The largest absolute Gasteiger partial charge is 0.494 e. The molecule has 4 aromatic rings. The van der Waals surface area contributed by atoms with Crippen molar-refractivity contribution in [3.63, 3.8) is 0 Å². The molecule has 0 saturated carbocycles. The molecule has 2 aromatic heterocycles. The summed E-state index contributed by atoms with van der Waals surface area (Å²) in [7, 11) is 0. The predicted octanol–water partition coefficient (Wildman–Crippen LogP) is 6.77. The van der Waals surface area contributed by atoms with Crippen LogP contribution in [-0.2, 0) is 16.6 Å². The summed E-state index contributed by atoms with van der Waals surface area (Å²) in [4.78, 5) is 35.3. The average molecular weight is 558 g/mol. The molecule has 7 nitrogen and oxygen atoms in total. The third-order valence-corrected chi connectivity index (χ3v) is 7.94. The second-order valence-corrected chi connectivity index (χ2v) is 11.8. The highest BCUT2D eigenvalue weighted by molar-refractivity contribution is 7.14. The van der Waals surface area contributed by atoms with Crippen molar-refractivity contribution in [3.8, 4) is 28.3 Å². The smallest absolute Gasteiger partial charge is 0.326 e. The molecule has 8 heteroatoms. The van der Waals surface area contributed by atoms with Crippen LogP contribution in [0.2, 0.25) is 0 Å². The van der Waals surface area contributed by atoms with E-state index < -0.39 is 12.0 Å². The number of aromatic nitrogens is 2. The van der Waals surface area contributed by atoms with E-state index in [1.807, 2.05) is 54.6 Å². The van der Waals surface area contributed by atoms with Crippen molar-refractivity contribution in [2.75, 3.05) is 6.61 Å². The standard InChI is InChI=1S/C32H35N3O4S/c1-5-6-17-39-25-13-11-22(12-14-25)24-19-33-29(34-20-24)23-9-7-21(8-10-23)18-26(31(37)38)35-30(36)27-15-16-28(40-27)32(2,3)4/h7-16,19-20,26H,5-6,17-18H2,1-4H3,(H,35,36)(H,37,38). The summed E-state index contributed by atoms with van der Waals surface area (Å²) >= 11 is 1.39. The topological polar surface area (TPSA) is 101 Å². The molecule has 208 valence electrons. The first-order valence-electron chi connectivity index (χ1n) is 13.4. The van der Waals surface area contributed by atoms with Gasteiger partial charge in [0.1, 0.15) is 11.8 Å². The fourth-order valence-corrected chi connectivity index (χ4v) is 4.99. The number of ether oxygens (including phenoxy) is 1. The van der Waals surface area contributed by atoms with Crippen molar-refractivity contribution in [1.82, 2.24) is 15.3 Å². The summed E-state index contributed by atoms with van der Waals surface area (Å²) in [6, 6.07) is 17.9. The van der Waals surface area contributed by atoms with Crippen molar-refractivity contribution < 1.29 is 19.4 Å². The number of hydrogen-bond acceptors (Lipinski definition) is 6. The Morgan fingerprint density at radius 2 is 1.57 bits per heavy atom. The van der Waals surface area contributed by atoms with Gasteiger partial charge in [-0.1, -0.05) is 70.5 Å². The Morgan fingerprint density at radius 1 is 0.925 bits per heavy atom. The average Bonchev–Trinajstić information content (AvgIpc) is 3.45. The number of aliphatic carboxylic acids is 1. The number of nitrogens with zero attached hydrogens (tertiary/aromatic N) is 2. The molecule has 0 aliphatic heterocycles. The molecular formula is C32H35N3O4S. The Balaban J connectivity index is 1.38. The molecule has 2 heterocycles. The van der Waals surface area contributed by atoms with Crippen molar-refractivity contribution in [2.45, 2.75) is 58.4 Å².